The predicted octanol–water partition coefficient (Wildman–Crippen LogP) is 2.14. The molecule has 2 rings (SSSR count). The van der Waals surface area contributed by atoms with Crippen molar-refractivity contribution in [1.82, 2.24) is 4.98 Å². The van der Waals surface area contributed by atoms with E-state index in [0.717, 1.165) is 22.2 Å². The van der Waals surface area contributed by atoms with E-state index in [9.17, 15) is 0 Å². The van der Waals surface area contributed by atoms with Crippen LogP contribution in [0.4, 0.5) is 5.82 Å². The Hall–Kier alpha value is -1.97. The molecule has 16 heavy (non-hydrogen) atoms. The number of anilines is 1. The summed E-state index contributed by atoms with van der Waals surface area (Å²) in [5.41, 5.74) is 7.54. The zero-order valence-corrected chi connectivity index (χ0v) is 9.57. The van der Waals surface area contributed by atoms with Gasteiger partial charge in [-0.05, 0) is 18.6 Å². The summed E-state index contributed by atoms with van der Waals surface area (Å²) in [6.45, 7) is 1.98. The van der Waals surface area contributed by atoms with Gasteiger partial charge in [0.1, 0.15) is 17.3 Å². The number of nitrogens with two attached hydrogens (primary N) is 1. The Morgan fingerprint density at radius 1 is 1.12 bits per heavy atom. The average molecular weight is 218 g/mol. The predicted molar refractivity (Wildman–Crippen MR) is 64.0 cm³/mol. The molecule has 1 heterocycles. The zero-order valence-electron chi connectivity index (χ0n) is 9.57. The van der Waals surface area contributed by atoms with Gasteiger partial charge in [0.2, 0.25) is 0 Å². The molecule has 0 amide bonds. The van der Waals surface area contributed by atoms with Gasteiger partial charge in [0.25, 0.3) is 0 Å². The van der Waals surface area contributed by atoms with Crippen LogP contribution in [0.25, 0.3) is 10.9 Å². The van der Waals surface area contributed by atoms with Crippen molar-refractivity contribution in [2.24, 2.45) is 0 Å². The minimum Gasteiger partial charge on any atom is -0.497 e. The lowest BCUT2D eigenvalue weighted by molar-refractivity contribution is 0.397. The minimum atomic E-state index is 0.500. The van der Waals surface area contributed by atoms with E-state index in [-0.39, 0.29) is 0 Å². The van der Waals surface area contributed by atoms with Crippen LogP contribution in [0.2, 0.25) is 0 Å². The van der Waals surface area contributed by atoms with Crippen LogP contribution in [0.1, 0.15) is 5.56 Å². The van der Waals surface area contributed by atoms with Crippen LogP contribution in [0.15, 0.2) is 18.2 Å². The molecule has 0 saturated carbocycles. The summed E-state index contributed by atoms with van der Waals surface area (Å²) in [5.74, 6) is 1.96. The molecule has 0 aliphatic heterocycles. The van der Waals surface area contributed by atoms with E-state index >= 15 is 0 Å². The van der Waals surface area contributed by atoms with Crippen molar-refractivity contribution in [1.29, 1.82) is 0 Å². The van der Waals surface area contributed by atoms with Crippen LogP contribution < -0.4 is 15.2 Å². The maximum Gasteiger partial charge on any atom is 0.132 e. The van der Waals surface area contributed by atoms with Crippen LogP contribution in [0.5, 0.6) is 11.5 Å². The number of nitrogens with zero attached hydrogens (tertiary/aromatic N) is 1. The van der Waals surface area contributed by atoms with Crippen LogP contribution in [0.3, 0.4) is 0 Å². The first kappa shape index (κ1) is 10.5. The Bertz CT molecular complexity index is 538. The fraction of sp³-hybridized carbons (Fsp3) is 0.250. The Kier molecular flexibility index (Phi) is 2.56. The largest absolute Gasteiger partial charge is 0.497 e. The second-order valence-electron chi connectivity index (χ2n) is 3.59. The number of aryl methyl sites for hydroxylation is 1. The lowest BCUT2D eigenvalue weighted by Crippen LogP contribution is -1.96. The van der Waals surface area contributed by atoms with Crippen molar-refractivity contribution in [2.45, 2.75) is 6.92 Å². The molecule has 4 heteroatoms. The number of benzene rings is 1. The number of pyridine rings is 1. The highest BCUT2D eigenvalue weighted by atomic mass is 16.5. The number of fused-ring (bicyclic) bond motifs is 1. The first-order chi connectivity index (χ1) is 7.65. The normalized spacial score (nSPS) is 10.4. The molecule has 0 radical (unpaired) electrons. The number of aromatic nitrogens is 1. The van der Waals surface area contributed by atoms with Gasteiger partial charge < -0.3 is 15.2 Å². The highest BCUT2D eigenvalue weighted by Crippen LogP contribution is 2.32. The lowest BCUT2D eigenvalue weighted by atomic mass is 10.1. The van der Waals surface area contributed by atoms with Gasteiger partial charge in [-0.2, -0.15) is 0 Å². The van der Waals surface area contributed by atoms with Crippen LogP contribution in [-0.2, 0) is 0 Å². The second-order valence-corrected chi connectivity index (χ2v) is 3.59. The third-order valence-corrected chi connectivity index (χ3v) is 2.52. The van der Waals surface area contributed by atoms with Crippen molar-refractivity contribution < 1.29 is 9.47 Å². The molecular formula is C12H14N2O2. The van der Waals surface area contributed by atoms with E-state index in [0.29, 0.717) is 11.6 Å². The Morgan fingerprint density at radius 3 is 2.50 bits per heavy atom. The summed E-state index contributed by atoms with van der Waals surface area (Å²) in [5, 5.41) is 0.970. The SMILES string of the molecule is COc1cc(OC)c2c(C)cc(N)nc2c1. The quantitative estimate of drug-likeness (QED) is 0.839. The molecule has 0 atom stereocenters. The van der Waals surface area contributed by atoms with E-state index in [1.165, 1.54) is 0 Å². The third kappa shape index (κ3) is 1.62. The Morgan fingerprint density at radius 2 is 1.88 bits per heavy atom. The maximum absolute atomic E-state index is 5.72. The molecule has 0 unspecified atom stereocenters. The van der Waals surface area contributed by atoms with Crippen molar-refractivity contribution >= 4 is 16.7 Å². The molecule has 0 spiro atoms. The molecular weight excluding hydrogens is 204 g/mol. The molecule has 1 aromatic heterocycles. The number of methoxy groups -OCH3 is 2. The molecule has 0 aliphatic carbocycles. The zero-order chi connectivity index (χ0) is 11.7. The fourth-order valence-electron chi connectivity index (χ4n) is 1.80. The van der Waals surface area contributed by atoms with Crippen molar-refractivity contribution in [3.05, 3.63) is 23.8 Å². The number of hydrogen-bond donors (Lipinski definition) is 1. The van der Waals surface area contributed by atoms with Gasteiger partial charge in [0.05, 0.1) is 19.7 Å². The van der Waals surface area contributed by atoms with Gasteiger partial charge in [-0.3, -0.25) is 0 Å². The molecule has 84 valence electrons. The topological polar surface area (TPSA) is 57.4 Å². The van der Waals surface area contributed by atoms with Crippen molar-refractivity contribution in [3.8, 4) is 11.5 Å². The molecule has 0 fully saturated rings. The van der Waals surface area contributed by atoms with E-state index in [4.69, 9.17) is 15.2 Å². The summed E-state index contributed by atoms with van der Waals surface area (Å²) in [4.78, 5) is 4.27. The highest BCUT2D eigenvalue weighted by Gasteiger charge is 2.09. The summed E-state index contributed by atoms with van der Waals surface area (Å²) in [7, 11) is 3.24. The number of nitrogen functional groups attached to an aromatic ring is 1. The van der Waals surface area contributed by atoms with Gasteiger partial charge in [0, 0.05) is 17.5 Å². The molecule has 1 aromatic carbocycles. The first-order valence-corrected chi connectivity index (χ1v) is 4.94. The Labute approximate surface area is 94.0 Å². The van der Waals surface area contributed by atoms with Gasteiger partial charge in [-0.25, -0.2) is 4.98 Å². The van der Waals surface area contributed by atoms with Gasteiger partial charge in [-0.1, -0.05) is 0 Å². The molecule has 2 N–H and O–H groups in total. The molecule has 0 aliphatic rings. The number of ether oxygens (including phenoxy) is 2. The van der Waals surface area contributed by atoms with E-state index in [1.807, 2.05) is 25.1 Å². The lowest BCUT2D eigenvalue weighted by Gasteiger charge is -2.10. The van der Waals surface area contributed by atoms with Gasteiger partial charge in [0.15, 0.2) is 0 Å². The fourth-order valence-corrected chi connectivity index (χ4v) is 1.80. The van der Waals surface area contributed by atoms with E-state index in [2.05, 4.69) is 4.98 Å². The monoisotopic (exact) mass is 218 g/mol. The third-order valence-electron chi connectivity index (χ3n) is 2.52. The minimum absolute atomic E-state index is 0.500. The molecule has 4 nitrogen and oxygen atoms in total. The number of hydrogen-bond acceptors (Lipinski definition) is 4. The average Bonchev–Trinajstić information content (AvgIpc) is 2.26. The van der Waals surface area contributed by atoms with E-state index in [1.54, 1.807) is 14.2 Å². The molecule has 2 aromatic rings. The van der Waals surface area contributed by atoms with Crippen molar-refractivity contribution in [2.75, 3.05) is 20.0 Å². The van der Waals surface area contributed by atoms with Crippen LogP contribution in [-0.4, -0.2) is 19.2 Å². The Balaban J connectivity index is 2.83. The smallest absolute Gasteiger partial charge is 0.132 e. The van der Waals surface area contributed by atoms with Crippen LogP contribution >= 0.6 is 0 Å². The van der Waals surface area contributed by atoms with Crippen LogP contribution in [0, 0.1) is 6.92 Å². The van der Waals surface area contributed by atoms with Crippen molar-refractivity contribution in [3.63, 3.8) is 0 Å². The second kappa shape index (κ2) is 3.89. The molecule has 0 saturated heterocycles. The van der Waals surface area contributed by atoms with Gasteiger partial charge in [-0.15, -0.1) is 0 Å². The first-order valence-electron chi connectivity index (χ1n) is 4.94. The summed E-state index contributed by atoms with van der Waals surface area (Å²) in [6.07, 6.45) is 0. The standard InChI is InChI=1S/C12H14N2O2/c1-7-4-11(13)14-9-5-8(15-2)6-10(16-3)12(7)9/h4-6H,1-3H3,(H2,13,14). The molecule has 0 bridgehead atoms. The maximum atomic E-state index is 5.72. The highest BCUT2D eigenvalue weighted by molar-refractivity contribution is 5.90. The number of rotatable bonds is 2. The summed E-state index contributed by atoms with van der Waals surface area (Å²) < 4.78 is 10.5. The summed E-state index contributed by atoms with van der Waals surface area (Å²) >= 11 is 0. The van der Waals surface area contributed by atoms with E-state index < -0.39 is 0 Å². The summed E-state index contributed by atoms with van der Waals surface area (Å²) in [6, 6.07) is 5.52. The van der Waals surface area contributed by atoms with Gasteiger partial charge >= 0.3 is 0 Å².